The lowest BCUT2D eigenvalue weighted by Crippen LogP contribution is -2.10. The second kappa shape index (κ2) is 6.79. The second-order valence-electron chi connectivity index (χ2n) is 4.46. The fourth-order valence-corrected chi connectivity index (χ4v) is 2.16. The summed E-state index contributed by atoms with van der Waals surface area (Å²) in [6.45, 7) is 0. The van der Waals surface area contributed by atoms with Crippen molar-refractivity contribution in [3.05, 3.63) is 70.2 Å². The zero-order chi connectivity index (χ0) is 16.2. The molecular formula is C16H11BrF3NO. The van der Waals surface area contributed by atoms with Crippen LogP contribution in [0.1, 0.15) is 11.1 Å². The van der Waals surface area contributed by atoms with Crippen LogP contribution in [0.4, 0.5) is 18.9 Å². The Labute approximate surface area is 133 Å². The van der Waals surface area contributed by atoms with Crippen LogP contribution in [0.15, 0.2) is 59.1 Å². The van der Waals surface area contributed by atoms with Crippen LogP contribution in [0, 0.1) is 0 Å². The SMILES string of the molecule is O=C(/C=C\c1cccc(Br)c1)Nc1cccc(C(F)(F)F)c1. The zero-order valence-electron chi connectivity index (χ0n) is 11.2. The summed E-state index contributed by atoms with van der Waals surface area (Å²) in [6, 6.07) is 11.8. The average molecular weight is 370 g/mol. The number of rotatable bonds is 3. The number of carbonyl (C=O) groups is 1. The average Bonchev–Trinajstić information content (AvgIpc) is 2.45. The van der Waals surface area contributed by atoms with E-state index in [0.29, 0.717) is 0 Å². The molecule has 0 bridgehead atoms. The smallest absolute Gasteiger partial charge is 0.322 e. The summed E-state index contributed by atoms with van der Waals surface area (Å²) in [5.41, 5.74) is 0.0913. The molecule has 0 radical (unpaired) electrons. The Hall–Kier alpha value is -2.08. The highest BCUT2D eigenvalue weighted by molar-refractivity contribution is 9.10. The number of nitrogens with one attached hydrogen (secondary N) is 1. The number of carbonyl (C=O) groups excluding carboxylic acids is 1. The third kappa shape index (κ3) is 4.73. The molecule has 0 saturated heterocycles. The van der Waals surface area contributed by atoms with E-state index in [2.05, 4.69) is 21.2 Å². The maximum absolute atomic E-state index is 12.6. The molecule has 0 unspecified atom stereocenters. The van der Waals surface area contributed by atoms with E-state index in [1.54, 1.807) is 12.1 Å². The van der Waals surface area contributed by atoms with Gasteiger partial charge in [-0.15, -0.1) is 0 Å². The summed E-state index contributed by atoms with van der Waals surface area (Å²) >= 11 is 3.31. The largest absolute Gasteiger partial charge is 0.416 e. The number of hydrogen-bond donors (Lipinski definition) is 1. The molecule has 2 aromatic rings. The molecule has 2 nitrogen and oxygen atoms in total. The standard InChI is InChI=1S/C16H11BrF3NO/c17-13-5-1-3-11(9-13)7-8-15(22)21-14-6-2-4-12(10-14)16(18,19)20/h1-10H,(H,21,22)/b8-7-. The molecule has 0 atom stereocenters. The molecule has 2 rings (SSSR count). The molecule has 0 saturated carbocycles. The monoisotopic (exact) mass is 369 g/mol. The summed E-state index contributed by atoms with van der Waals surface area (Å²) in [5.74, 6) is -0.501. The first-order valence-electron chi connectivity index (χ1n) is 6.26. The molecule has 0 fully saturated rings. The van der Waals surface area contributed by atoms with Crippen molar-refractivity contribution in [1.29, 1.82) is 0 Å². The summed E-state index contributed by atoms with van der Waals surface area (Å²) < 4.78 is 38.6. The predicted octanol–water partition coefficient (Wildman–Crippen LogP) is 5.12. The highest BCUT2D eigenvalue weighted by Crippen LogP contribution is 2.30. The Morgan fingerprint density at radius 3 is 2.50 bits per heavy atom. The van der Waals surface area contributed by atoms with Gasteiger partial charge in [-0.2, -0.15) is 13.2 Å². The lowest BCUT2D eigenvalue weighted by atomic mass is 10.2. The zero-order valence-corrected chi connectivity index (χ0v) is 12.8. The molecule has 0 spiro atoms. The van der Waals surface area contributed by atoms with E-state index < -0.39 is 17.6 Å². The minimum Gasteiger partial charge on any atom is -0.322 e. The molecule has 114 valence electrons. The second-order valence-corrected chi connectivity index (χ2v) is 5.37. The normalized spacial score (nSPS) is 11.6. The van der Waals surface area contributed by atoms with E-state index in [1.807, 2.05) is 18.2 Å². The van der Waals surface area contributed by atoms with Gasteiger partial charge in [0.05, 0.1) is 5.56 Å². The van der Waals surface area contributed by atoms with Gasteiger partial charge >= 0.3 is 6.18 Å². The first-order valence-corrected chi connectivity index (χ1v) is 7.06. The molecule has 6 heteroatoms. The maximum Gasteiger partial charge on any atom is 0.416 e. The highest BCUT2D eigenvalue weighted by atomic mass is 79.9. The fraction of sp³-hybridized carbons (Fsp3) is 0.0625. The van der Waals surface area contributed by atoms with Crippen LogP contribution in [0.5, 0.6) is 0 Å². The van der Waals surface area contributed by atoms with Crippen LogP contribution < -0.4 is 5.32 Å². The fourth-order valence-electron chi connectivity index (χ4n) is 1.74. The van der Waals surface area contributed by atoms with Crippen molar-refractivity contribution in [2.75, 3.05) is 5.32 Å². The highest BCUT2D eigenvalue weighted by Gasteiger charge is 2.30. The van der Waals surface area contributed by atoms with Gasteiger partial charge in [0.15, 0.2) is 0 Å². The number of halogens is 4. The molecule has 0 aliphatic heterocycles. The van der Waals surface area contributed by atoms with Gasteiger partial charge in [-0.3, -0.25) is 4.79 Å². The number of hydrogen-bond acceptors (Lipinski definition) is 1. The summed E-state index contributed by atoms with van der Waals surface area (Å²) in [5, 5.41) is 2.40. The van der Waals surface area contributed by atoms with Gasteiger partial charge in [-0.05, 0) is 42.0 Å². The number of benzene rings is 2. The van der Waals surface area contributed by atoms with Gasteiger partial charge in [-0.25, -0.2) is 0 Å². The van der Waals surface area contributed by atoms with E-state index in [1.165, 1.54) is 18.2 Å². The first kappa shape index (κ1) is 16.3. The van der Waals surface area contributed by atoms with Gasteiger partial charge in [0.2, 0.25) is 5.91 Å². The van der Waals surface area contributed by atoms with Crippen molar-refractivity contribution in [2.45, 2.75) is 6.18 Å². The van der Waals surface area contributed by atoms with Crippen LogP contribution in [-0.2, 0) is 11.0 Å². The molecule has 2 aromatic carbocycles. The van der Waals surface area contributed by atoms with Gasteiger partial charge in [0.25, 0.3) is 0 Å². The summed E-state index contributed by atoms with van der Waals surface area (Å²) in [6.07, 6.45) is -1.59. The minimum atomic E-state index is -4.44. The molecule has 0 aromatic heterocycles. The number of anilines is 1. The van der Waals surface area contributed by atoms with Gasteiger partial charge in [0, 0.05) is 16.2 Å². The third-order valence-electron chi connectivity index (χ3n) is 2.73. The van der Waals surface area contributed by atoms with Crippen LogP contribution in [0.3, 0.4) is 0 Å². The predicted molar refractivity (Wildman–Crippen MR) is 83.2 cm³/mol. The van der Waals surface area contributed by atoms with Crippen LogP contribution >= 0.6 is 15.9 Å². The Morgan fingerprint density at radius 1 is 1.09 bits per heavy atom. The first-order chi connectivity index (χ1) is 10.3. The Balaban J connectivity index is 2.06. The number of alkyl halides is 3. The molecule has 0 aliphatic rings. The Kier molecular flexibility index (Phi) is 5.03. The molecule has 0 heterocycles. The lowest BCUT2D eigenvalue weighted by molar-refractivity contribution is -0.137. The van der Waals surface area contributed by atoms with Crippen molar-refractivity contribution in [3.63, 3.8) is 0 Å². The number of amides is 1. The van der Waals surface area contributed by atoms with Crippen molar-refractivity contribution >= 4 is 33.6 Å². The summed E-state index contributed by atoms with van der Waals surface area (Å²) in [4.78, 5) is 11.7. The minimum absolute atomic E-state index is 0.0960. The van der Waals surface area contributed by atoms with Gasteiger partial charge in [-0.1, -0.05) is 34.1 Å². The molecule has 22 heavy (non-hydrogen) atoms. The third-order valence-corrected chi connectivity index (χ3v) is 3.23. The molecule has 0 aliphatic carbocycles. The van der Waals surface area contributed by atoms with E-state index in [-0.39, 0.29) is 5.69 Å². The Bertz CT molecular complexity index is 711. The van der Waals surface area contributed by atoms with Crippen molar-refractivity contribution in [3.8, 4) is 0 Å². The van der Waals surface area contributed by atoms with Crippen molar-refractivity contribution < 1.29 is 18.0 Å². The van der Waals surface area contributed by atoms with Crippen molar-refractivity contribution in [1.82, 2.24) is 0 Å². The van der Waals surface area contributed by atoms with E-state index in [9.17, 15) is 18.0 Å². The van der Waals surface area contributed by atoms with E-state index in [0.717, 1.165) is 22.2 Å². The lowest BCUT2D eigenvalue weighted by Gasteiger charge is -2.08. The van der Waals surface area contributed by atoms with E-state index >= 15 is 0 Å². The molecule has 1 amide bonds. The van der Waals surface area contributed by atoms with Crippen LogP contribution in [0.25, 0.3) is 6.08 Å². The molecular weight excluding hydrogens is 359 g/mol. The maximum atomic E-state index is 12.6. The van der Waals surface area contributed by atoms with Crippen LogP contribution in [-0.4, -0.2) is 5.91 Å². The topological polar surface area (TPSA) is 29.1 Å². The van der Waals surface area contributed by atoms with Crippen molar-refractivity contribution in [2.24, 2.45) is 0 Å². The molecule has 1 N–H and O–H groups in total. The Morgan fingerprint density at radius 2 is 1.82 bits per heavy atom. The van der Waals surface area contributed by atoms with E-state index in [4.69, 9.17) is 0 Å². The summed E-state index contributed by atoms with van der Waals surface area (Å²) in [7, 11) is 0. The quantitative estimate of drug-likeness (QED) is 0.747. The van der Waals surface area contributed by atoms with Gasteiger partial charge in [0.1, 0.15) is 0 Å². The van der Waals surface area contributed by atoms with Gasteiger partial charge < -0.3 is 5.32 Å². The van der Waals surface area contributed by atoms with Crippen LogP contribution in [0.2, 0.25) is 0 Å².